The average Bonchev–Trinajstić information content (AvgIpc) is 2.93. The van der Waals surface area contributed by atoms with Gasteiger partial charge in [0.1, 0.15) is 10.7 Å². The van der Waals surface area contributed by atoms with Gasteiger partial charge in [0.15, 0.2) is 5.82 Å². The molecule has 0 atom stereocenters. The molecule has 10 heteroatoms. The number of nitrogens with one attached hydrogen (secondary N) is 2. The topological polar surface area (TPSA) is 123 Å². The molecule has 0 aliphatic carbocycles. The first-order chi connectivity index (χ1) is 9.96. The van der Waals surface area contributed by atoms with E-state index in [1.54, 1.807) is 6.20 Å². The van der Waals surface area contributed by atoms with Crippen molar-refractivity contribution in [3.63, 3.8) is 0 Å². The molecule has 0 saturated heterocycles. The lowest BCUT2D eigenvalue weighted by Gasteiger charge is -2.09. The molecule has 8 nitrogen and oxygen atoms in total. The van der Waals surface area contributed by atoms with Crippen LogP contribution in [0.4, 0.5) is 5.82 Å². The van der Waals surface area contributed by atoms with Crippen LogP contribution in [-0.2, 0) is 23.0 Å². The van der Waals surface area contributed by atoms with E-state index in [4.69, 9.17) is 10.3 Å². The third-order valence-electron chi connectivity index (χ3n) is 2.61. The number of nitrogen functional groups attached to an aromatic ring is 1. The third-order valence-corrected chi connectivity index (χ3v) is 4.46. The first-order valence-electron chi connectivity index (χ1n) is 6.01. The number of aromatic nitrogens is 2. The van der Waals surface area contributed by atoms with Gasteiger partial charge in [0.25, 0.3) is 0 Å². The van der Waals surface area contributed by atoms with Crippen LogP contribution in [0, 0.1) is 0 Å². The van der Waals surface area contributed by atoms with E-state index in [0.717, 1.165) is 0 Å². The average molecular weight is 376 g/mol. The monoisotopic (exact) mass is 375 g/mol. The summed E-state index contributed by atoms with van der Waals surface area (Å²) in [5.74, 6) is 6.31. The second-order valence-corrected chi connectivity index (χ2v) is 6.69. The van der Waals surface area contributed by atoms with Crippen LogP contribution in [0.5, 0.6) is 0 Å². The van der Waals surface area contributed by atoms with Crippen LogP contribution in [-0.4, -0.2) is 18.4 Å². The zero-order valence-electron chi connectivity index (χ0n) is 11.1. The van der Waals surface area contributed by atoms with Crippen molar-refractivity contribution in [1.29, 1.82) is 0 Å². The number of halogens is 1. The quantitative estimate of drug-likeness (QED) is 0.511. The van der Waals surface area contributed by atoms with Gasteiger partial charge in [-0.1, -0.05) is 6.92 Å². The normalized spacial score (nSPS) is 11.6. The number of anilines is 1. The summed E-state index contributed by atoms with van der Waals surface area (Å²) in [6.45, 7) is 1.86. The van der Waals surface area contributed by atoms with Crippen molar-refractivity contribution in [3.05, 3.63) is 34.6 Å². The van der Waals surface area contributed by atoms with E-state index in [1.165, 1.54) is 12.3 Å². The number of sulfonamides is 1. The highest BCUT2D eigenvalue weighted by Gasteiger charge is 2.20. The third kappa shape index (κ3) is 3.79. The van der Waals surface area contributed by atoms with Gasteiger partial charge < -0.3 is 9.84 Å². The van der Waals surface area contributed by atoms with E-state index in [2.05, 4.69) is 36.0 Å². The fourth-order valence-electron chi connectivity index (χ4n) is 1.56. The van der Waals surface area contributed by atoms with E-state index in [9.17, 15) is 8.42 Å². The lowest BCUT2D eigenvalue weighted by molar-refractivity contribution is 0.452. The van der Waals surface area contributed by atoms with Crippen molar-refractivity contribution < 1.29 is 12.8 Å². The van der Waals surface area contributed by atoms with Gasteiger partial charge in [-0.2, -0.15) is 0 Å². The summed E-state index contributed by atoms with van der Waals surface area (Å²) in [5, 5.41) is 0. The minimum atomic E-state index is -3.81. The van der Waals surface area contributed by atoms with Crippen molar-refractivity contribution in [2.45, 2.75) is 24.8 Å². The van der Waals surface area contributed by atoms with Crippen molar-refractivity contribution in [2.75, 3.05) is 5.43 Å². The predicted octanol–water partition coefficient (Wildman–Crippen LogP) is 1.16. The summed E-state index contributed by atoms with van der Waals surface area (Å²) in [6, 6.07) is 1.40. The van der Waals surface area contributed by atoms with Crippen LogP contribution < -0.4 is 16.0 Å². The van der Waals surface area contributed by atoms with Gasteiger partial charge >= 0.3 is 0 Å². The molecule has 0 aliphatic heterocycles. The maximum Gasteiger partial charge on any atom is 0.244 e. The Hall–Kier alpha value is -1.49. The molecule has 0 unspecified atom stereocenters. The fraction of sp³-hybridized carbons (Fsp3) is 0.273. The summed E-state index contributed by atoms with van der Waals surface area (Å²) in [5.41, 5.74) is 2.25. The molecule has 0 radical (unpaired) electrons. The Morgan fingerprint density at radius 2 is 2.14 bits per heavy atom. The van der Waals surface area contributed by atoms with Gasteiger partial charge in [-0.15, -0.1) is 0 Å². The van der Waals surface area contributed by atoms with E-state index >= 15 is 0 Å². The van der Waals surface area contributed by atoms with Gasteiger partial charge in [0.05, 0.1) is 12.7 Å². The summed E-state index contributed by atoms with van der Waals surface area (Å²) < 4.78 is 32.8. The number of oxazole rings is 1. The van der Waals surface area contributed by atoms with Gasteiger partial charge in [0, 0.05) is 17.1 Å². The fourth-order valence-corrected chi connectivity index (χ4v) is 3.16. The van der Waals surface area contributed by atoms with Crippen LogP contribution in [0.1, 0.15) is 18.6 Å². The van der Waals surface area contributed by atoms with E-state index in [-0.39, 0.29) is 17.3 Å². The summed E-state index contributed by atoms with van der Waals surface area (Å²) >= 11 is 3.17. The maximum absolute atomic E-state index is 12.3. The molecule has 0 aliphatic rings. The number of pyridine rings is 1. The van der Waals surface area contributed by atoms with Gasteiger partial charge in [-0.05, 0) is 22.0 Å². The standard InChI is InChI=1S/C11H14BrN5O3S/c1-2-8-5-14-10(20-8)6-16-21(18,19)9-3-7(12)4-15-11(9)17-13/h3-5,16H,2,6,13H2,1H3,(H,15,17). The highest BCUT2D eigenvalue weighted by atomic mass is 79.9. The summed E-state index contributed by atoms with van der Waals surface area (Å²) in [4.78, 5) is 7.81. The van der Waals surface area contributed by atoms with Crippen molar-refractivity contribution in [3.8, 4) is 0 Å². The predicted molar refractivity (Wildman–Crippen MR) is 79.7 cm³/mol. The number of aryl methyl sites for hydroxylation is 1. The van der Waals surface area contributed by atoms with Crippen molar-refractivity contribution in [1.82, 2.24) is 14.7 Å². The second-order valence-electron chi connectivity index (χ2n) is 4.04. The van der Waals surface area contributed by atoms with Crippen LogP contribution >= 0.6 is 15.9 Å². The molecule has 0 saturated carbocycles. The van der Waals surface area contributed by atoms with E-state index in [1.807, 2.05) is 6.92 Å². The van der Waals surface area contributed by atoms with E-state index < -0.39 is 10.0 Å². The highest BCUT2D eigenvalue weighted by molar-refractivity contribution is 9.10. The molecule has 2 rings (SSSR count). The second kappa shape index (κ2) is 6.52. The molecule has 2 aromatic heterocycles. The number of nitrogens with two attached hydrogens (primary N) is 1. The Labute approximate surface area is 130 Å². The lowest BCUT2D eigenvalue weighted by atomic mass is 10.4. The molecule has 0 bridgehead atoms. The minimum Gasteiger partial charge on any atom is -0.444 e. The number of hydrazine groups is 1. The molecule has 2 aromatic rings. The molecule has 0 amide bonds. The lowest BCUT2D eigenvalue weighted by Crippen LogP contribution is -2.25. The molecular weight excluding hydrogens is 362 g/mol. The maximum atomic E-state index is 12.3. The zero-order chi connectivity index (χ0) is 15.5. The summed E-state index contributed by atoms with van der Waals surface area (Å²) in [7, 11) is -3.81. The van der Waals surface area contributed by atoms with Crippen LogP contribution in [0.15, 0.2) is 32.2 Å². The number of rotatable bonds is 6. The van der Waals surface area contributed by atoms with Crippen LogP contribution in [0.2, 0.25) is 0 Å². The Morgan fingerprint density at radius 3 is 2.76 bits per heavy atom. The molecule has 21 heavy (non-hydrogen) atoms. The Kier molecular flexibility index (Phi) is 4.93. The van der Waals surface area contributed by atoms with Crippen LogP contribution in [0.3, 0.4) is 0 Å². The molecule has 4 N–H and O–H groups in total. The first kappa shape index (κ1) is 15.9. The Balaban J connectivity index is 2.20. The molecule has 0 spiro atoms. The molecule has 0 fully saturated rings. The van der Waals surface area contributed by atoms with Gasteiger partial charge in [0.2, 0.25) is 15.9 Å². The molecule has 114 valence electrons. The zero-order valence-corrected chi connectivity index (χ0v) is 13.5. The van der Waals surface area contributed by atoms with Crippen molar-refractivity contribution in [2.24, 2.45) is 5.84 Å². The largest absolute Gasteiger partial charge is 0.444 e. The van der Waals surface area contributed by atoms with E-state index in [0.29, 0.717) is 22.5 Å². The SMILES string of the molecule is CCc1cnc(CNS(=O)(=O)c2cc(Br)cnc2NN)o1. The van der Waals surface area contributed by atoms with Gasteiger partial charge in [-0.3, -0.25) is 0 Å². The number of hydrogen-bond acceptors (Lipinski definition) is 7. The van der Waals surface area contributed by atoms with Crippen LogP contribution in [0.25, 0.3) is 0 Å². The Morgan fingerprint density at radius 1 is 1.38 bits per heavy atom. The Bertz CT molecular complexity index is 731. The smallest absolute Gasteiger partial charge is 0.244 e. The molecule has 0 aromatic carbocycles. The first-order valence-corrected chi connectivity index (χ1v) is 8.29. The summed E-state index contributed by atoms with van der Waals surface area (Å²) in [6.07, 6.45) is 3.70. The van der Waals surface area contributed by atoms with Crippen molar-refractivity contribution >= 4 is 31.8 Å². The molecular formula is C11H14BrN5O3S. The minimum absolute atomic E-state index is 0.0485. The molecule has 2 heterocycles. The number of nitrogens with zero attached hydrogens (tertiary/aromatic N) is 2. The highest BCUT2D eigenvalue weighted by Crippen LogP contribution is 2.22. The van der Waals surface area contributed by atoms with Gasteiger partial charge in [-0.25, -0.2) is 29.0 Å². The number of hydrogen-bond donors (Lipinski definition) is 3.